The lowest BCUT2D eigenvalue weighted by Gasteiger charge is -2.31. The van der Waals surface area contributed by atoms with Crippen LogP contribution in [0.2, 0.25) is 0 Å². The van der Waals surface area contributed by atoms with E-state index in [-0.39, 0.29) is 0 Å². The molecule has 0 saturated heterocycles. The lowest BCUT2D eigenvalue weighted by Crippen LogP contribution is -2.30. The molecule has 3 heteroatoms. The Hall–Kier alpha value is -0.830. The summed E-state index contributed by atoms with van der Waals surface area (Å²) in [6.07, 6.45) is 9.63. The number of rotatable bonds is 8. The van der Waals surface area contributed by atoms with Crippen LogP contribution in [0.1, 0.15) is 51.9 Å². The van der Waals surface area contributed by atoms with Gasteiger partial charge >= 0.3 is 0 Å². The molecule has 0 aliphatic carbocycles. The van der Waals surface area contributed by atoms with Gasteiger partial charge in [0.1, 0.15) is 0 Å². The van der Waals surface area contributed by atoms with Crippen molar-refractivity contribution < 1.29 is 0 Å². The standard InChI is InChI=1S/C17H28N2S/c1-2-3-4-5-6-7-8-11-19-12-13-20-17-10-9-15(18)14-16(17)19/h9-10,14H,2-8,11-13,18H2,1H3. The Morgan fingerprint density at radius 1 is 1.10 bits per heavy atom. The van der Waals surface area contributed by atoms with Crippen LogP contribution in [-0.4, -0.2) is 18.8 Å². The molecule has 0 unspecified atom stereocenters. The van der Waals surface area contributed by atoms with Crippen LogP contribution in [0.4, 0.5) is 11.4 Å². The molecule has 2 rings (SSSR count). The number of anilines is 2. The highest BCUT2D eigenvalue weighted by Gasteiger charge is 2.16. The van der Waals surface area contributed by atoms with E-state index in [1.54, 1.807) is 0 Å². The van der Waals surface area contributed by atoms with Crippen LogP contribution in [-0.2, 0) is 0 Å². The maximum atomic E-state index is 5.93. The van der Waals surface area contributed by atoms with E-state index in [1.165, 1.54) is 67.8 Å². The first kappa shape index (κ1) is 15.6. The van der Waals surface area contributed by atoms with Gasteiger partial charge in [0.05, 0.1) is 5.69 Å². The first-order chi connectivity index (χ1) is 9.81. The summed E-state index contributed by atoms with van der Waals surface area (Å²) in [4.78, 5) is 3.92. The second-order valence-corrected chi connectivity index (χ2v) is 6.82. The predicted molar refractivity (Wildman–Crippen MR) is 91.8 cm³/mol. The molecule has 0 spiro atoms. The molecular weight excluding hydrogens is 264 g/mol. The van der Waals surface area contributed by atoms with E-state index < -0.39 is 0 Å². The molecule has 0 saturated carbocycles. The van der Waals surface area contributed by atoms with E-state index in [2.05, 4.69) is 24.0 Å². The van der Waals surface area contributed by atoms with Gasteiger partial charge in [-0.15, -0.1) is 11.8 Å². The molecule has 1 aromatic carbocycles. The Kier molecular flexibility index (Phi) is 6.58. The van der Waals surface area contributed by atoms with Crippen molar-refractivity contribution in [3.05, 3.63) is 18.2 Å². The van der Waals surface area contributed by atoms with Crippen LogP contribution in [0.3, 0.4) is 0 Å². The van der Waals surface area contributed by atoms with E-state index in [1.807, 2.05) is 17.8 Å². The molecular formula is C17H28N2S. The number of benzene rings is 1. The quantitative estimate of drug-likeness (QED) is 0.544. The molecule has 0 bridgehead atoms. The number of nitrogens with two attached hydrogens (primary N) is 1. The van der Waals surface area contributed by atoms with Crippen molar-refractivity contribution in [2.75, 3.05) is 29.5 Å². The van der Waals surface area contributed by atoms with Gasteiger partial charge in [-0.05, 0) is 24.6 Å². The number of fused-ring (bicyclic) bond motifs is 1. The molecule has 0 atom stereocenters. The normalized spacial score (nSPS) is 14.3. The van der Waals surface area contributed by atoms with Gasteiger partial charge in [-0.2, -0.15) is 0 Å². The van der Waals surface area contributed by atoms with Gasteiger partial charge in [-0.1, -0.05) is 45.4 Å². The van der Waals surface area contributed by atoms with Gasteiger partial charge in [0.15, 0.2) is 0 Å². The zero-order chi connectivity index (χ0) is 14.2. The summed E-state index contributed by atoms with van der Waals surface area (Å²) in [5.74, 6) is 1.20. The second kappa shape index (κ2) is 8.46. The Bertz CT molecular complexity index is 406. The summed E-state index contributed by atoms with van der Waals surface area (Å²) < 4.78 is 0. The van der Waals surface area contributed by atoms with Gasteiger partial charge in [0.2, 0.25) is 0 Å². The number of hydrogen-bond donors (Lipinski definition) is 1. The molecule has 20 heavy (non-hydrogen) atoms. The fourth-order valence-electron chi connectivity index (χ4n) is 2.78. The smallest absolute Gasteiger partial charge is 0.0525 e. The van der Waals surface area contributed by atoms with E-state index >= 15 is 0 Å². The van der Waals surface area contributed by atoms with E-state index in [0.29, 0.717) is 0 Å². The van der Waals surface area contributed by atoms with Crippen LogP contribution in [0, 0.1) is 0 Å². The van der Waals surface area contributed by atoms with Gasteiger partial charge in [0, 0.05) is 29.4 Å². The first-order valence-electron chi connectivity index (χ1n) is 8.08. The third-order valence-corrected chi connectivity index (χ3v) is 5.02. The second-order valence-electron chi connectivity index (χ2n) is 5.68. The van der Waals surface area contributed by atoms with Crippen LogP contribution >= 0.6 is 11.8 Å². The topological polar surface area (TPSA) is 29.3 Å². The summed E-state index contributed by atoms with van der Waals surface area (Å²) in [6, 6.07) is 6.33. The predicted octanol–water partition coefficient (Wildman–Crippen LogP) is 4.93. The van der Waals surface area contributed by atoms with Crippen molar-refractivity contribution in [3.8, 4) is 0 Å². The molecule has 1 aliphatic heterocycles. The van der Waals surface area contributed by atoms with Gasteiger partial charge in [0.25, 0.3) is 0 Å². The highest BCUT2D eigenvalue weighted by molar-refractivity contribution is 7.99. The van der Waals surface area contributed by atoms with Crippen LogP contribution < -0.4 is 10.6 Å². The molecule has 1 aliphatic rings. The Labute approximate surface area is 128 Å². The minimum Gasteiger partial charge on any atom is -0.399 e. The van der Waals surface area contributed by atoms with E-state index in [0.717, 1.165) is 12.2 Å². The van der Waals surface area contributed by atoms with Crippen molar-refractivity contribution in [1.82, 2.24) is 0 Å². The lowest BCUT2D eigenvalue weighted by atomic mass is 10.1. The average Bonchev–Trinajstić information content (AvgIpc) is 2.46. The molecule has 1 heterocycles. The summed E-state index contributed by atoms with van der Waals surface area (Å²) in [5.41, 5.74) is 8.17. The number of thioether (sulfide) groups is 1. The number of nitrogen functional groups attached to an aromatic ring is 1. The largest absolute Gasteiger partial charge is 0.399 e. The van der Waals surface area contributed by atoms with Crippen molar-refractivity contribution in [1.29, 1.82) is 0 Å². The zero-order valence-electron chi connectivity index (χ0n) is 12.7. The van der Waals surface area contributed by atoms with E-state index in [9.17, 15) is 0 Å². The Morgan fingerprint density at radius 2 is 1.85 bits per heavy atom. The van der Waals surface area contributed by atoms with Gasteiger partial charge in [-0.25, -0.2) is 0 Å². The fourth-order valence-corrected chi connectivity index (χ4v) is 3.81. The molecule has 0 amide bonds. The van der Waals surface area contributed by atoms with Crippen molar-refractivity contribution >= 4 is 23.1 Å². The monoisotopic (exact) mass is 292 g/mol. The summed E-state index contributed by atoms with van der Waals surface area (Å²) in [6.45, 7) is 4.62. The summed E-state index contributed by atoms with van der Waals surface area (Å²) >= 11 is 1.96. The maximum Gasteiger partial charge on any atom is 0.0525 e. The van der Waals surface area contributed by atoms with Crippen LogP contribution in [0.25, 0.3) is 0 Å². The lowest BCUT2D eigenvalue weighted by molar-refractivity contribution is 0.584. The fraction of sp³-hybridized carbons (Fsp3) is 0.647. The SMILES string of the molecule is CCCCCCCCCN1CCSc2ccc(N)cc21. The maximum absolute atomic E-state index is 5.93. The first-order valence-corrected chi connectivity index (χ1v) is 9.07. The number of hydrogen-bond acceptors (Lipinski definition) is 3. The Morgan fingerprint density at radius 3 is 2.65 bits per heavy atom. The highest BCUT2D eigenvalue weighted by atomic mass is 32.2. The molecule has 0 fully saturated rings. The summed E-state index contributed by atoms with van der Waals surface area (Å²) in [5, 5.41) is 0. The molecule has 2 N–H and O–H groups in total. The number of unbranched alkanes of at least 4 members (excludes halogenated alkanes) is 6. The Balaban J connectivity index is 1.73. The zero-order valence-corrected chi connectivity index (χ0v) is 13.6. The van der Waals surface area contributed by atoms with E-state index in [4.69, 9.17) is 5.73 Å². The molecule has 2 nitrogen and oxygen atoms in total. The average molecular weight is 292 g/mol. The number of nitrogens with zero attached hydrogens (tertiary/aromatic N) is 1. The highest BCUT2D eigenvalue weighted by Crippen LogP contribution is 2.36. The van der Waals surface area contributed by atoms with Crippen molar-refractivity contribution in [2.45, 2.75) is 56.8 Å². The molecule has 0 aromatic heterocycles. The van der Waals surface area contributed by atoms with Crippen LogP contribution in [0.5, 0.6) is 0 Å². The van der Waals surface area contributed by atoms with Crippen molar-refractivity contribution in [3.63, 3.8) is 0 Å². The third kappa shape index (κ3) is 4.62. The summed E-state index contributed by atoms with van der Waals surface area (Å²) in [7, 11) is 0. The van der Waals surface area contributed by atoms with Gasteiger partial charge < -0.3 is 10.6 Å². The molecule has 112 valence electrons. The minimum atomic E-state index is 0.885. The van der Waals surface area contributed by atoms with Gasteiger partial charge in [-0.3, -0.25) is 0 Å². The third-order valence-electron chi connectivity index (χ3n) is 3.97. The van der Waals surface area contributed by atoms with Crippen molar-refractivity contribution in [2.24, 2.45) is 0 Å². The molecule has 1 aromatic rings. The minimum absolute atomic E-state index is 0.885. The molecule has 0 radical (unpaired) electrons. The van der Waals surface area contributed by atoms with Crippen LogP contribution in [0.15, 0.2) is 23.1 Å².